The number of nitrogens with two attached hydrogens (primary N) is 1. The van der Waals surface area contributed by atoms with Gasteiger partial charge in [0.15, 0.2) is 5.69 Å². The average Bonchev–Trinajstić information content (AvgIpc) is 3.22. The van der Waals surface area contributed by atoms with E-state index >= 15 is 0 Å². The molecule has 4 rings (SSSR count). The van der Waals surface area contributed by atoms with Gasteiger partial charge in [-0.15, -0.1) is 0 Å². The summed E-state index contributed by atoms with van der Waals surface area (Å²) in [7, 11) is 0. The van der Waals surface area contributed by atoms with Crippen molar-refractivity contribution in [2.45, 2.75) is 0 Å². The lowest BCUT2D eigenvalue weighted by molar-refractivity contribution is 0.0993. The Hall–Kier alpha value is -4.48. The zero-order valence-corrected chi connectivity index (χ0v) is 17.2. The zero-order chi connectivity index (χ0) is 22.7. The van der Waals surface area contributed by atoms with Crippen LogP contribution < -0.4 is 11.1 Å². The number of hydrogen-bond acceptors (Lipinski definition) is 5. The van der Waals surface area contributed by atoms with E-state index in [4.69, 9.17) is 17.3 Å². The topological polar surface area (TPSA) is 127 Å². The minimum Gasteiger partial charge on any atom is -0.364 e. The standard InChI is InChI=1S/C23H15ClN6O2/c24-18-10-9-14(19-7-4-8-20(27-19)22(26)31)11-17(18)23(32)28-21-12-15(13-25)29-30(21)16-5-2-1-3-6-16/h1-12H,(H2,26,31)(H,28,32). The number of nitrogens with zero attached hydrogens (tertiary/aromatic N) is 4. The molecular formula is C23H15ClN6O2. The number of aromatic nitrogens is 3. The van der Waals surface area contributed by atoms with E-state index in [1.807, 2.05) is 24.3 Å². The second kappa shape index (κ2) is 8.71. The summed E-state index contributed by atoms with van der Waals surface area (Å²) in [5, 5.41) is 16.4. The van der Waals surface area contributed by atoms with Crippen LogP contribution in [-0.4, -0.2) is 26.6 Å². The Bertz CT molecular complexity index is 1380. The lowest BCUT2D eigenvalue weighted by Crippen LogP contribution is -2.16. The highest BCUT2D eigenvalue weighted by Gasteiger charge is 2.17. The Morgan fingerprint density at radius 2 is 1.81 bits per heavy atom. The molecule has 3 N–H and O–H groups in total. The molecule has 0 aliphatic rings. The number of carbonyl (C=O) groups excluding carboxylic acids is 2. The molecule has 0 aliphatic heterocycles. The maximum absolute atomic E-state index is 13.1. The first-order valence-corrected chi connectivity index (χ1v) is 9.78. The number of carbonyl (C=O) groups is 2. The quantitative estimate of drug-likeness (QED) is 0.485. The summed E-state index contributed by atoms with van der Waals surface area (Å²) >= 11 is 6.29. The van der Waals surface area contributed by atoms with Crippen LogP contribution in [0.3, 0.4) is 0 Å². The maximum atomic E-state index is 13.1. The number of hydrogen-bond donors (Lipinski definition) is 2. The van der Waals surface area contributed by atoms with Crippen LogP contribution in [0, 0.1) is 11.3 Å². The summed E-state index contributed by atoms with van der Waals surface area (Å²) in [6, 6.07) is 22.2. The SMILES string of the molecule is N#Cc1cc(NC(=O)c2cc(-c3cccc(C(N)=O)n3)ccc2Cl)n(-c2ccccc2)n1. The van der Waals surface area contributed by atoms with Gasteiger partial charge in [-0.25, -0.2) is 9.67 Å². The molecule has 2 aromatic carbocycles. The van der Waals surface area contributed by atoms with Crippen molar-refractivity contribution < 1.29 is 9.59 Å². The predicted molar refractivity (Wildman–Crippen MR) is 119 cm³/mol. The molecule has 0 unspecified atom stereocenters. The number of para-hydroxylation sites is 1. The van der Waals surface area contributed by atoms with E-state index < -0.39 is 11.8 Å². The van der Waals surface area contributed by atoms with Crippen molar-refractivity contribution >= 4 is 29.2 Å². The van der Waals surface area contributed by atoms with Crippen LogP contribution >= 0.6 is 11.6 Å². The molecule has 0 saturated carbocycles. The van der Waals surface area contributed by atoms with Crippen molar-refractivity contribution in [1.29, 1.82) is 5.26 Å². The zero-order valence-electron chi connectivity index (χ0n) is 16.5. The van der Waals surface area contributed by atoms with E-state index in [0.717, 1.165) is 0 Å². The van der Waals surface area contributed by atoms with Gasteiger partial charge in [-0.3, -0.25) is 9.59 Å². The van der Waals surface area contributed by atoms with E-state index in [9.17, 15) is 14.9 Å². The van der Waals surface area contributed by atoms with Gasteiger partial charge in [0.25, 0.3) is 11.8 Å². The van der Waals surface area contributed by atoms with Crippen LogP contribution in [0.1, 0.15) is 26.5 Å². The molecule has 8 nitrogen and oxygen atoms in total. The molecule has 0 saturated heterocycles. The number of halogens is 1. The second-order valence-corrected chi connectivity index (χ2v) is 7.10. The van der Waals surface area contributed by atoms with Gasteiger partial charge in [0.1, 0.15) is 17.6 Å². The minimum atomic E-state index is -0.652. The van der Waals surface area contributed by atoms with Gasteiger partial charge in [-0.05, 0) is 36.4 Å². The average molecular weight is 443 g/mol. The molecular weight excluding hydrogens is 428 g/mol. The van der Waals surface area contributed by atoms with Gasteiger partial charge in [-0.1, -0.05) is 41.9 Å². The Morgan fingerprint density at radius 3 is 2.53 bits per heavy atom. The van der Waals surface area contributed by atoms with Crippen LogP contribution in [0.25, 0.3) is 16.9 Å². The molecule has 156 valence electrons. The predicted octanol–water partition coefficient (Wildman–Crippen LogP) is 3.81. The molecule has 2 aromatic heterocycles. The number of primary amides is 1. The van der Waals surface area contributed by atoms with Crippen molar-refractivity contribution in [2.24, 2.45) is 5.73 Å². The summed E-state index contributed by atoms with van der Waals surface area (Å²) in [5.74, 6) is -0.834. The van der Waals surface area contributed by atoms with Crippen molar-refractivity contribution in [1.82, 2.24) is 14.8 Å². The van der Waals surface area contributed by atoms with Gasteiger partial charge in [0.2, 0.25) is 0 Å². The van der Waals surface area contributed by atoms with E-state index in [1.54, 1.807) is 42.5 Å². The first kappa shape index (κ1) is 20.8. The molecule has 32 heavy (non-hydrogen) atoms. The number of benzene rings is 2. The third-order valence-corrected chi connectivity index (χ3v) is 4.90. The van der Waals surface area contributed by atoms with Crippen LogP contribution in [-0.2, 0) is 0 Å². The van der Waals surface area contributed by atoms with Gasteiger partial charge >= 0.3 is 0 Å². The monoisotopic (exact) mass is 442 g/mol. The number of nitriles is 1. The van der Waals surface area contributed by atoms with Gasteiger partial charge in [0.05, 0.1) is 22.0 Å². The summed E-state index contributed by atoms with van der Waals surface area (Å²) in [4.78, 5) is 28.7. The molecule has 0 atom stereocenters. The molecule has 0 spiro atoms. The van der Waals surface area contributed by atoms with E-state index in [-0.39, 0.29) is 22.0 Å². The Kier molecular flexibility index (Phi) is 5.66. The molecule has 2 heterocycles. The number of anilines is 1. The number of nitrogens with one attached hydrogen (secondary N) is 1. The molecule has 0 radical (unpaired) electrons. The third-order valence-electron chi connectivity index (χ3n) is 4.57. The maximum Gasteiger partial charge on any atom is 0.267 e. The summed E-state index contributed by atoms with van der Waals surface area (Å²) < 4.78 is 1.46. The molecule has 0 bridgehead atoms. The van der Waals surface area contributed by atoms with Crippen molar-refractivity contribution in [2.75, 3.05) is 5.32 Å². The fourth-order valence-corrected chi connectivity index (χ4v) is 3.27. The van der Waals surface area contributed by atoms with Crippen LogP contribution in [0.2, 0.25) is 5.02 Å². The van der Waals surface area contributed by atoms with Crippen LogP contribution in [0.5, 0.6) is 0 Å². The molecule has 0 fully saturated rings. The minimum absolute atomic E-state index is 0.110. The number of amides is 2. The highest BCUT2D eigenvalue weighted by Crippen LogP contribution is 2.26. The molecule has 2 amide bonds. The Balaban J connectivity index is 1.69. The van der Waals surface area contributed by atoms with E-state index in [0.29, 0.717) is 22.8 Å². The highest BCUT2D eigenvalue weighted by molar-refractivity contribution is 6.34. The van der Waals surface area contributed by atoms with Gasteiger partial charge < -0.3 is 11.1 Å². The lowest BCUT2D eigenvalue weighted by atomic mass is 10.1. The van der Waals surface area contributed by atoms with Crippen molar-refractivity contribution in [3.8, 4) is 23.0 Å². The first-order chi connectivity index (χ1) is 15.5. The van der Waals surface area contributed by atoms with Crippen molar-refractivity contribution in [3.63, 3.8) is 0 Å². The smallest absolute Gasteiger partial charge is 0.267 e. The number of pyridine rings is 1. The number of rotatable bonds is 5. The first-order valence-electron chi connectivity index (χ1n) is 9.40. The van der Waals surface area contributed by atoms with Gasteiger partial charge in [-0.2, -0.15) is 10.4 Å². The molecule has 0 aliphatic carbocycles. The Morgan fingerprint density at radius 1 is 1.03 bits per heavy atom. The Labute approximate surface area is 187 Å². The third kappa shape index (κ3) is 4.19. The van der Waals surface area contributed by atoms with E-state index in [2.05, 4.69) is 15.4 Å². The van der Waals surface area contributed by atoms with E-state index in [1.165, 1.54) is 16.8 Å². The lowest BCUT2D eigenvalue weighted by Gasteiger charge is -2.11. The van der Waals surface area contributed by atoms with Crippen molar-refractivity contribution in [3.05, 3.63) is 94.8 Å². The second-order valence-electron chi connectivity index (χ2n) is 6.70. The largest absolute Gasteiger partial charge is 0.364 e. The van der Waals surface area contributed by atoms with Gasteiger partial charge in [0, 0.05) is 11.6 Å². The molecule has 4 aromatic rings. The fraction of sp³-hybridized carbons (Fsp3) is 0. The summed E-state index contributed by atoms with van der Waals surface area (Å²) in [6.45, 7) is 0. The highest BCUT2D eigenvalue weighted by atomic mass is 35.5. The summed E-state index contributed by atoms with van der Waals surface area (Å²) in [6.07, 6.45) is 0. The summed E-state index contributed by atoms with van der Waals surface area (Å²) in [5.41, 5.74) is 7.48. The normalized spacial score (nSPS) is 10.4. The molecule has 9 heteroatoms. The fourth-order valence-electron chi connectivity index (χ4n) is 3.07. The van der Waals surface area contributed by atoms with Crippen LogP contribution in [0.15, 0.2) is 72.8 Å². The van der Waals surface area contributed by atoms with Crippen LogP contribution in [0.4, 0.5) is 5.82 Å².